The van der Waals surface area contributed by atoms with Crippen molar-refractivity contribution in [3.05, 3.63) is 208 Å². The number of aromatic nitrogens is 3. The van der Waals surface area contributed by atoms with E-state index in [4.69, 9.17) is 19.4 Å². The van der Waals surface area contributed by atoms with Crippen LogP contribution in [0.2, 0.25) is 0 Å². The third-order valence-electron chi connectivity index (χ3n) is 10.4. The van der Waals surface area contributed by atoms with E-state index in [-0.39, 0.29) is 20.1 Å². The van der Waals surface area contributed by atoms with Crippen LogP contribution in [0.25, 0.3) is 92.2 Å². The third-order valence-corrected chi connectivity index (χ3v) is 10.4. The van der Waals surface area contributed by atoms with Gasteiger partial charge in [0.1, 0.15) is 5.58 Å². The number of benzene rings is 5. The molecule has 0 aliphatic rings. The maximum absolute atomic E-state index is 6.29. The van der Waals surface area contributed by atoms with Gasteiger partial charge in [-0.05, 0) is 112 Å². The largest absolute Gasteiger partial charge is 3.00 e. The van der Waals surface area contributed by atoms with Crippen molar-refractivity contribution in [2.45, 2.75) is 20.8 Å². The summed E-state index contributed by atoms with van der Waals surface area (Å²) in [6.45, 7) is 6.36. The first-order valence-electron chi connectivity index (χ1n) is 19.3. The second-order valence-corrected chi connectivity index (χ2v) is 14.5. The average molecular weight is 937 g/mol. The molecule has 0 amide bonds. The van der Waals surface area contributed by atoms with Gasteiger partial charge in [0.25, 0.3) is 0 Å². The van der Waals surface area contributed by atoms with Crippen LogP contribution in [0.3, 0.4) is 0 Å². The second kappa shape index (κ2) is 17.4. The van der Waals surface area contributed by atoms with Gasteiger partial charge in [-0.2, -0.15) is 0 Å². The number of rotatable bonds is 9. The molecule has 0 unspecified atom stereocenters. The minimum Gasteiger partial charge on any atom is -0.501 e. The fraction of sp³-hybridized carbons (Fsp3) is 0.0556. The summed E-state index contributed by atoms with van der Waals surface area (Å²) in [6.07, 6.45) is 18.7. The van der Waals surface area contributed by atoms with Crippen LogP contribution in [0.5, 0.6) is 0 Å². The van der Waals surface area contributed by atoms with E-state index in [2.05, 4.69) is 124 Å². The Bertz CT molecular complexity index is 2920. The summed E-state index contributed by atoms with van der Waals surface area (Å²) < 4.78 is 6.29. The molecule has 0 N–H and O–H groups in total. The molecular formula is C54H38IrN3O. The topological polar surface area (TPSA) is 51.8 Å². The van der Waals surface area contributed by atoms with E-state index in [1.54, 1.807) is 0 Å². The van der Waals surface area contributed by atoms with Crippen molar-refractivity contribution in [1.29, 1.82) is 0 Å². The van der Waals surface area contributed by atoms with Gasteiger partial charge in [-0.1, -0.05) is 83.8 Å². The van der Waals surface area contributed by atoms with Gasteiger partial charge in [0, 0.05) is 24.0 Å². The smallest absolute Gasteiger partial charge is 0.501 e. The molecule has 4 aromatic heterocycles. The zero-order valence-electron chi connectivity index (χ0n) is 32.8. The Balaban J connectivity index is 0.00000484. The van der Waals surface area contributed by atoms with Crippen LogP contribution in [0, 0.1) is 39.0 Å². The van der Waals surface area contributed by atoms with Gasteiger partial charge in [0.2, 0.25) is 0 Å². The predicted molar refractivity (Wildman–Crippen MR) is 240 cm³/mol. The Morgan fingerprint density at radius 2 is 0.932 bits per heavy atom. The summed E-state index contributed by atoms with van der Waals surface area (Å²) in [5.74, 6) is 0. The third kappa shape index (κ3) is 8.59. The van der Waals surface area contributed by atoms with E-state index >= 15 is 0 Å². The first kappa shape index (κ1) is 39.1. The van der Waals surface area contributed by atoms with Crippen molar-refractivity contribution in [2.24, 2.45) is 0 Å². The van der Waals surface area contributed by atoms with Crippen LogP contribution >= 0.6 is 0 Å². The second-order valence-electron chi connectivity index (χ2n) is 14.5. The van der Waals surface area contributed by atoms with Gasteiger partial charge in [0.15, 0.2) is 0 Å². The van der Waals surface area contributed by atoms with Crippen LogP contribution in [-0.4, -0.2) is 15.0 Å². The molecule has 0 fully saturated rings. The molecule has 4 nitrogen and oxygen atoms in total. The van der Waals surface area contributed by atoms with Crippen LogP contribution in [0.4, 0.5) is 0 Å². The Labute approximate surface area is 358 Å². The van der Waals surface area contributed by atoms with E-state index in [9.17, 15) is 0 Å². The van der Waals surface area contributed by atoms with Crippen molar-refractivity contribution in [1.82, 2.24) is 15.0 Å². The number of aryl methyl sites for hydroxylation is 3. The molecule has 4 heterocycles. The van der Waals surface area contributed by atoms with E-state index in [1.165, 1.54) is 0 Å². The Kier molecular flexibility index (Phi) is 11.5. The molecule has 5 aromatic carbocycles. The Morgan fingerprint density at radius 3 is 1.42 bits per heavy atom. The molecule has 0 spiro atoms. The standard InChI is InChI=1S/C54H38N3O.Ir/c1-36-27-50(42-13-6-4-7-14-42)55-33-44(36)24-21-39-30-40(22-25-45-34-56-51(28-37(45)2)43-15-8-5-9-16-43)32-41(31-39)23-26-46-35-57-52(29-38(46)3)49-19-12-18-48-47-17-10-11-20-53(47)58-54(48)49;/h4-13,15,17-18,20-35H,1-3H3;/q-3;+3/b24-21-,25-22?,26-23-;. The zero-order chi connectivity index (χ0) is 39.4. The molecular weight excluding hydrogens is 899 g/mol. The molecule has 0 aliphatic carbocycles. The minimum absolute atomic E-state index is 0. The van der Waals surface area contributed by atoms with Crippen LogP contribution in [0.1, 0.15) is 50.1 Å². The summed E-state index contributed by atoms with van der Waals surface area (Å²) in [5, 5.41) is 2.16. The molecule has 0 atom stereocenters. The number of fused-ring (bicyclic) bond motifs is 3. The summed E-state index contributed by atoms with van der Waals surface area (Å²) in [4.78, 5) is 14.4. The number of pyridine rings is 3. The fourth-order valence-corrected chi connectivity index (χ4v) is 7.19. The van der Waals surface area contributed by atoms with Gasteiger partial charge in [-0.15, -0.1) is 90.0 Å². The number of para-hydroxylation sites is 1. The summed E-state index contributed by atoms with van der Waals surface area (Å²) >= 11 is 0. The van der Waals surface area contributed by atoms with Gasteiger partial charge >= 0.3 is 20.1 Å². The number of hydrogen-bond donors (Lipinski definition) is 0. The van der Waals surface area contributed by atoms with E-state index in [0.29, 0.717) is 0 Å². The molecule has 5 heteroatoms. The number of hydrogen-bond acceptors (Lipinski definition) is 4. The van der Waals surface area contributed by atoms with Crippen molar-refractivity contribution in [3.8, 4) is 33.8 Å². The summed E-state index contributed by atoms with van der Waals surface area (Å²) in [6, 6.07) is 50.9. The van der Waals surface area contributed by atoms with E-state index in [1.807, 2.05) is 91.4 Å². The predicted octanol–water partition coefficient (Wildman–Crippen LogP) is 13.6. The van der Waals surface area contributed by atoms with Gasteiger partial charge in [-0.25, -0.2) is 0 Å². The number of furan rings is 1. The van der Waals surface area contributed by atoms with Crippen LogP contribution in [-0.2, 0) is 20.1 Å². The van der Waals surface area contributed by atoms with Crippen LogP contribution < -0.4 is 0 Å². The van der Waals surface area contributed by atoms with E-state index < -0.39 is 0 Å². The maximum atomic E-state index is 6.29. The van der Waals surface area contributed by atoms with Gasteiger partial charge in [0.05, 0.1) is 5.58 Å². The molecule has 0 saturated carbocycles. The molecule has 0 aliphatic heterocycles. The van der Waals surface area contributed by atoms with Crippen molar-refractivity contribution in [2.75, 3.05) is 0 Å². The van der Waals surface area contributed by atoms with Gasteiger partial charge < -0.3 is 19.4 Å². The maximum Gasteiger partial charge on any atom is 3.00 e. The van der Waals surface area contributed by atoms with Crippen molar-refractivity contribution >= 4 is 58.4 Å². The van der Waals surface area contributed by atoms with Crippen molar-refractivity contribution in [3.63, 3.8) is 0 Å². The normalized spacial score (nSPS) is 11.6. The minimum atomic E-state index is 0. The fourth-order valence-electron chi connectivity index (χ4n) is 7.19. The van der Waals surface area contributed by atoms with E-state index in [0.717, 1.165) is 106 Å². The number of nitrogens with zero attached hydrogens (tertiary/aromatic N) is 3. The first-order valence-corrected chi connectivity index (χ1v) is 19.3. The monoisotopic (exact) mass is 937 g/mol. The molecule has 0 radical (unpaired) electrons. The Hall–Kier alpha value is -6.78. The van der Waals surface area contributed by atoms with Gasteiger partial charge in [-0.3, -0.25) is 0 Å². The Morgan fingerprint density at radius 1 is 0.458 bits per heavy atom. The molecule has 9 aromatic rings. The van der Waals surface area contributed by atoms with Crippen molar-refractivity contribution < 1.29 is 24.5 Å². The first-order chi connectivity index (χ1) is 28.4. The summed E-state index contributed by atoms with van der Waals surface area (Å²) in [5.41, 5.74) is 16.9. The molecule has 59 heavy (non-hydrogen) atoms. The quantitative estimate of drug-likeness (QED) is 0.135. The summed E-state index contributed by atoms with van der Waals surface area (Å²) in [7, 11) is 0. The SMILES string of the molecule is Cc1cc(-c2[c-]cccc2)ncc1C=Cc1cc(/C=C\c2cnc(-c3[c-]cccc3)cc2C)cc(/C=C\c2cnc(-c3[c-]ccc4c3oc3ccccc34)cc2C)c1.[Ir+3]. The molecule has 284 valence electrons. The van der Waals surface area contributed by atoms with Crippen LogP contribution in [0.15, 0.2) is 144 Å². The molecule has 9 rings (SSSR count). The average Bonchev–Trinajstić information content (AvgIpc) is 3.65. The zero-order valence-corrected chi connectivity index (χ0v) is 35.2. The molecule has 0 bridgehead atoms. The molecule has 0 saturated heterocycles.